The van der Waals surface area contributed by atoms with Crippen LogP contribution in [0.3, 0.4) is 0 Å². The van der Waals surface area contributed by atoms with Crippen LogP contribution in [0.5, 0.6) is 0 Å². The highest BCUT2D eigenvalue weighted by atomic mass is 35.5. The van der Waals surface area contributed by atoms with Gasteiger partial charge in [0, 0.05) is 27.7 Å². The molecule has 3 rings (SSSR count). The molecule has 3 aromatic rings. The highest BCUT2D eigenvalue weighted by Gasteiger charge is 2.11. The third kappa shape index (κ3) is 2.30. The number of hydrogen-bond donors (Lipinski definition) is 0. The fourth-order valence-electron chi connectivity index (χ4n) is 2.11. The lowest BCUT2D eigenvalue weighted by atomic mass is 10.0. The Kier molecular flexibility index (Phi) is 3.25. The maximum Gasteiger partial charge on any atom is 0.193 e. The summed E-state index contributed by atoms with van der Waals surface area (Å²) >= 11 is 6.08. The summed E-state index contributed by atoms with van der Waals surface area (Å²) in [7, 11) is 0. The Morgan fingerprint density at radius 3 is 2.60 bits per heavy atom. The number of carbonyl (C=O) groups excluding carboxylic acids is 1. The van der Waals surface area contributed by atoms with Crippen LogP contribution in [0, 0.1) is 6.92 Å². The van der Waals surface area contributed by atoms with Crippen LogP contribution >= 0.6 is 11.6 Å². The minimum Gasteiger partial charge on any atom is -0.289 e. The summed E-state index contributed by atoms with van der Waals surface area (Å²) in [5.41, 5.74) is 2.99. The summed E-state index contributed by atoms with van der Waals surface area (Å²) in [5, 5.41) is 1.63. The molecular weight excluding hydrogens is 270 g/mol. The molecule has 0 N–H and O–H groups in total. The molecule has 0 saturated heterocycles. The van der Waals surface area contributed by atoms with Gasteiger partial charge < -0.3 is 0 Å². The molecule has 0 fully saturated rings. The van der Waals surface area contributed by atoms with Crippen molar-refractivity contribution < 1.29 is 4.79 Å². The molecule has 0 aliphatic carbocycles. The molecule has 0 aliphatic heterocycles. The SMILES string of the molecule is Cc1ccc(C(=O)c2ccc3cccnc3c2)cc1Cl. The highest BCUT2D eigenvalue weighted by Crippen LogP contribution is 2.20. The number of pyridine rings is 1. The first-order chi connectivity index (χ1) is 9.65. The Hall–Kier alpha value is -2.19. The first kappa shape index (κ1) is 12.8. The molecule has 98 valence electrons. The zero-order chi connectivity index (χ0) is 14.1. The lowest BCUT2D eigenvalue weighted by molar-refractivity contribution is 0.103. The van der Waals surface area contributed by atoms with E-state index < -0.39 is 0 Å². The number of hydrogen-bond acceptors (Lipinski definition) is 2. The van der Waals surface area contributed by atoms with Crippen molar-refractivity contribution in [2.75, 3.05) is 0 Å². The van der Waals surface area contributed by atoms with Gasteiger partial charge in [-0.15, -0.1) is 0 Å². The lowest BCUT2D eigenvalue weighted by Gasteiger charge is -2.05. The fraction of sp³-hybridized carbons (Fsp3) is 0.0588. The second kappa shape index (κ2) is 5.06. The van der Waals surface area contributed by atoms with Gasteiger partial charge in [-0.1, -0.05) is 41.9 Å². The van der Waals surface area contributed by atoms with E-state index in [-0.39, 0.29) is 5.78 Å². The number of aromatic nitrogens is 1. The third-order valence-corrected chi connectivity index (χ3v) is 3.71. The summed E-state index contributed by atoms with van der Waals surface area (Å²) in [5.74, 6) is -0.0422. The lowest BCUT2D eigenvalue weighted by Crippen LogP contribution is -2.01. The molecular formula is C17H12ClNO. The van der Waals surface area contributed by atoms with Crippen LogP contribution in [0.4, 0.5) is 0 Å². The molecule has 2 nitrogen and oxygen atoms in total. The summed E-state index contributed by atoms with van der Waals surface area (Å²) in [6.45, 7) is 1.91. The number of fused-ring (bicyclic) bond motifs is 1. The van der Waals surface area contributed by atoms with E-state index in [0.717, 1.165) is 16.5 Å². The number of benzene rings is 2. The first-order valence-corrected chi connectivity index (χ1v) is 6.68. The predicted molar refractivity (Wildman–Crippen MR) is 81.4 cm³/mol. The normalized spacial score (nSPS) is 10.7. The van der Waals surface area contributed by atoms with Crippen molar-refractivity contribution >= 4 is 28.3 Å². The molecule has 0 saturated carbocycles. The zero-order valence-corrected chi connectivity index (χ0v) is 11.7. The van der Waals surface area contributed by atoms with Crippen molar-refractivity contribution in [3.05, 3.63) is 76.4 Å². The topological polar surface area (TPSA) is 30.0 Å². The second-order valence-electron chi connectivity index (χ2n) is 4.70. The van der Waals surface area contributed by atoms with E-state index in [4.69, 9.17) is 11.6 Å². The van der Waals surface area contributed by atoms with Crippen LogP contribution in [0.25, 0.3) is 10.9 Å². The van der Waals surface area contributed by atoms with Crippen molar-refractivity contribution in [2.24, 2.45) is 0 Å². The van der Waals surface area contributed by atoms with Gasteiger partial charge in [-0.05, 0) is 30.7 Å². The van der Waals surface area contributed by atoms with Gasteiger partial charge in [0.2, 0.25) is 0 Å². The third-order valence-electron chi connectivity index (χ3n) is 3.30. The highest BCUT2D eigenvalue weighted by molar-refractivity contribution is 6.31. The molecule has 0 radical (unpaired) electrons. The Morgan fingerprint density at radius 1 is 1.05 bits per heavy atom. The zero-order valence-electron chi connectivity index (χ0n) is 10.9. The van der Waals surface area contributed by atoms with Crippen LogP contribution in [0.2, 0.25) is 5.02 Å². The van der Waals surface area contributed by atoms with Gasteiger partial charge in [0.25, 0.3) is 0 Å². The predicted octanol–water partition coefficient (Wildman–Crippen LogP) is 4.43. The molecule has 1 aromatic heterocycles. The van der Waals surface area contributed by atoms with E-state index in [9.17, 15) is 4.79 Å². The van der Waals surface area contributed by atoms with Gasteiger partial charge >= 0.3 is 0 Å². The maximum atomic E-state index is 12.5. The molecule has 0 spiro atoms. The number of carbonyl (C=O) groups is 1. The Labute approximate surface area is 122 Å². The Morgan fingerprint density at radius 2 is 1.80 bits per heavy atom. The van der Waals surface area contributed by atoms with Crippen LogP contribution in [0.1, 0.15) is 21.5 Å². The van der Waals surface area contributed by atoms with Crippen molar-refractivity contribution in [1.82, 2.24) is 4.98 Å². The smallest absolute Gasteiger partial charge is 0.193 e. The van der Waals surface area contributed by atoms with E-state index in [1.54, 1.807) is 18.3 Å². The van der Waals surface area contributed by atoms with Crippen molar-refractivity contribution in [3.8, 4) is 0 Å². The van der Waals surface area contributed by atoms with Crippen molar-refractivity contribution in [1.29, 1.82) is 0 Å². The van der Waals surface area contributed by atoms with E-state index in [1.165, 1.54) is 0 Å². The summed E-state index contributed by atoms with van der Waals surface area (Å²) < 4.78 is 0. The fourth-order valence-corrected chi connectivity index (χ4v) is 2.29. The molecule has 0 unspecified atom stereocenters. The van der Waals surface area contributed by atoms with E-state index in [2.05, 4.69) is 4.98 Å². The van der Waals surface area contributed by atoms with Gasteiger partial charge in [-0.3, -0.25) is 9.78 Å². The maximum absolute atomic E-state index is 12.5. The average molecular weight is 282 g/mol. The number of rotatable bonds is 2. The molecule has 20 heavy (non-hydrogen) atoms. The average Bonchev–Trinajstić information content (AvgIpc) is 2.49. The van der Waals surface area contributed by atoms with Crippen LogP contribution < -0.4 is 0 Å². The van der Waals surface area contributed by atoms with Crippen molar-refractivity contribution in [3.63, 3.8) is 0 Å². The van der Waals surface area contributed by atoms with Gasteiger partial charge in [0.05, 0.1) is 5.52 Å². The van der Waals surface area contributed by atoms with Gasteiger partial charge in [0.15, 0.2) is 5.78 Å². The van der Waals surface area contributed by atoms with Gasteiger partial charge in [-0.25, -0.2) is 0 Å². The quantitative estimate of drug-likeness (QED) is 0.651. The Bertz CT molecular complexity index is 811. The largest absolute Gasteiger partial charge is 0.289 e. The molecule has 0 amide bonds. The number of halogens is 1. The van der Waals surface area contributed by atoms with E-state index >= 15 is 0 Å². The minimum atomic E-state index is -0.0422. The number of aryl methyl sites for hydroxylation is 1. The molecule has 0 atom stereocenters. The van der Waals surface area contributed by atoms with Crippen LogP contribution in [-0.4, -0.2) is 10.8 Å². The van der Waals surface area contributed by atoms with Gasteiger partial charge in [-0.2, -0.15) is 0 Å². The Balaban J connectivity index is 2.05. The molecule has 1 heterocycles. The minimum absolute atomic E-state index is 0.0422. The second-order valence-corrected chi connectivity index (χ2v) is 5.11. The summed E-state index contributed by atoms with van der Waals surface area (Å²) in [4.78, 5) is 16.7. The first-order valence-electron chi connectivity index (χ1n) is 6.31. The van der Waals surface area contributed by atoms with E-state index in [0.29, 0.717) is 16.1 Å². The molecule has 0 aliphatic rings. The van der Waals surface area contributed by atoms with Crippen molar-refractivity contribution in [2.45, 2.75) is 6.92 Å². The standard InChI is InChI=1S/C17H12ClNO/c1-11-4-5-13(9-15(11)18)17(20)14-7-6-12-3-2-8-19-16(12)10-14/h2-10H,1H3. The molecule has 2 aromatic carbocycles. The van der Waals surface area contributed by atoms with Gasteiger partial charge in [0.1, 0.15) is 0 Å². The molecule has 0 bridgehead atoms. The van der Waals surface area contributed by atoms with Crippen LogP contribution in [-0.2, 0) is 0 Å². The van der Waals surface area contributed by atoms with E-state index in [1.807, 2.05) is 43.3 Å². The number of nitrogens with zero attached hydrogens (tertiary/aromatic N) is 1. The summed E-state index contributed by atoms with van der Waals surface area (Å²) in [6, 6.07) is 14.8. The van der Waals surface area contributed by atoms with Crippen LogP contribution in [0.15, 0.2) is 54.7 Å². The molecule has 3 heteroatoms. The summed E-state index contributed by atoms with van der Waals surface area (Å²) in [6.07, 6.45) is 1.72. The number of ketones is 1. The monoisotopic (exact) mass is 281 g/mol.